The van der Waals surface area contributed by atoms with E-state index in [-0.39, 0.29) is 23.7 Å². The first kappa shape index (κ1) is 20.5. The molecule has 1 aliphatic carbocycles. The lowest BCUT2D eigenvalue weighted by molar-refractivity contribution is -0.124. The molecule has 0 radical (unpaired) electrons. The highest BCUT2D eigenvalue weighted by Gasteiger charge is 2.22. The van der Waals surface area contributed by atoms with Gasteiger partial charge in [0.25, 0.3) is 0 Å². The summed E-state index contributed by atoms with van der Waals surface area (Å²) in [4.78, 5) is 25.8. The molecule has 0 spiro atoms. The van der Waals surface area contributed by atoms with E-state index in [1.54, 1.807) is 11.8 Å². The van der Waals surface area contributed by atoms with Gasteiger partial charge >= 0.3 is 0 Å². The van der Waals surface area contributed by atoms with Crippen molar-refractivity contribution in [3.8, 4) is 0 Å². The van der Waals surface area contributed by atoms with E-state index < -0.39 is 0 Å². The molecule has 1 aliphatic rings. The molecular formula is C23H28N2O2S. The van der Waals surface area contributed by atoms with Crippen molar-refractivity contribution < 1.29 is 9.59 Å². The van der Waals surface area contributed by atoms with Crippen LogP contribution in [0.15, 0.2) is 59.5 Å². The van der Waals surface area contributed by atoms with Crippen LogP contribution in [0.4, 0.5) is 5.69 Å². The van der Waals surface area contributed by atoms with Crippen LogP contribution in [-0.4, -0.2) is 17.6 Å². The maximum absolute atomic E-state index is 12.4. The first-order chi connectivity index (χ1) is 13.6. The first-order valence-electron chi connectivity index (χ1n) is 9.97. The SMILES string of the molecule is CC(CSc1ccccc1)C(=O)NCc1cccc(NC(=O)C2CCCC2)c1. The summed E-state index contributed by atoms with van der Waals surface area (Å²) in [5, 5.41) is 6.02. The average Bonchev–Trinajstić information content (AvgIpc) is 3.26. The molecule has 1 atom stereocenters. The third-order valence-electron chi connectivity index (χ3n) is 5.08. The Balaban J connectivity index is 1.45. The maximum Gasteiger partial charge on any atom is 0.227 e. The standard InChI is InChI=1S/C23H28N2O2S/c1-17(16-28-21-12-3-2-4-13-21)22(26)24-15-18-8-7-11-20(14-18)25-23(27)19-9-5-6-10-19/h2-4,7-8,11-14,17,19H,5-6,9-10,15-16H2,1H3,(H,24,26)(H,25,27). The van der Waals surface area contributed by atoms with Crippen molar-refractivity contribution in [3.05, 3.63) is 60.2 Å². The number of anilines is 1. The van der Waals surface area contributed by atoms with Crippen molar-refractivity contribution in [1.29, 1.82) is 0 Å². The van der Waals surface area contributed by atoms with Crippen LogP contribution in [0.3, 0.4) is 0 Å². The van der Waals surface area contributed by atoms with Crippen LogP contribution in [0.5, 0.6) is 0 Å². The van der Waals surface area contributed by atoms with Gasteiger partial charge in [-0.05, 0) is 42.7 Å². The molecule has 2 amide bonds. The molecule has 0 heterocycles. The molecule has 2 N–H and O–H groups in total. The molecule has 4 nitrogen and oxygen atoms in total. The Labute approximate surface area is 171 Å². The van der Waals surface area contributed by atoms with E-state index in [1.807, 2.05) is 49.4 Å². The van der Waals surface area contributed by atoms with Gasteiger partial charge in [0, 0.05) is 34.7 Å². The fourth-order valence-corrected chi connectivity index (χ4v) is 4.31. The van der Waals surface area contributed by atoms with E-state index in [9.17, 15) is 9.59 Å². The van der Waals surface area contributed by atoms with E-state index in [4.69, 9.17) is 0 Å². The van der Waals surface area contributed by atoms with E-state index in [2.05, 4.69) is 22.8 Å². The Morgan fingerprint density at radius 1 is 1.07 bits per heavy atom. The molecule has 2 aromatic rings. The summed E-state index contributed by atoms with van der Waals surface area (Å²) < 4.78 is 0. The number of rotatable bonds is 8. The van der Waals surface area contributed by atoms with Crippen LogP contribution in [-0.2, 0) is 16.1 Å². The minimum Gasteiger partial charge on any atom is -0.352 e. The lowest BCUT2D eigenvalue weighted by Gasteiger charge is -2.14. The number of hydrogen-bond acceptors (Lipinski definition) is 3. The van der Waals surface area contributed by atoms with E-state index in [0.29, 0.717) is 6.54 Å². The largest absolute Gasteiger partial charge is 0.352 e. The molecule has 5 heteroatoms. The predicted octanol–water partition coefficient (Wildman–Crippen LogP) is 4.86. The van der Waals surface area contributed by atoms with Crippen molar-refractivity contribution in [2.24, 2.45) is 11.8 Å². The van der Waals surface area contributed by atoms with Crippen molar-refractivity contribution in [3.63, 3.8) is 0 Å². The fraction of sp³-hybridized carbons (Fsp3) is 0.391. The molecule has 0 bridgehead atoms. The Hall–Kier alpha value is -2.27. The number of amides is 2. The Morgan fingerprint density at radius 2 is 1.82 bits per heavy atom. The van der Waals surface area contributed by atoms with Gasteiger partial charge in [0.2, 0.25) is 11.8 Å². The average molecular weight is 397 g/mol. The number of carbonyl (C=O) groups excluding carboxylic acids is 2. The fourth-order valence-electron chi connectivity index (χ4n) is 3.37. The number of nitrogens with one attached hydrogen (secondary N) is 2. The summed E-state index contributed by atoms with van der Waals surface area (Å²) in [6, 6.07) is 17.8. The highest BCUT2D eigenvalue weighted by atomic mass is 32.2. The molecule has 0 aliphatic heterocycles. The molecule has 1 fully saturated rings. The predicted molar refractivity (Wildman–Crippen MR) is 115 cm³/mol. The molecular weight excluding hydrogens is 368 g/mol. The van der Waals surface area contributed by atoms with E-state index >= 15 is 0 Å². The normalized spacial score (nSPS) is 15.2. The van der Waals surface area contributed by atoms with Gasteiger partial charge < -0.3 is 10.6 Å². The van der Waals surface area contributed by atoms with E-state index in [1.165, 1.54) is 4.90 Å². The number of hydrogen-bond donors (Lipinski definition) is 2. The van der Waals surface area contributed by atoms with Crippen LogP contribution in [0.25, 0.3) is 0 Å². The summed E-state index contributed by atoms with van der Waals surface area (Å²) >= 11 is 1.69. The van der Waals surface area contributed by atoms with Crippen molar-refractivity contribution in [1.82, 2.24) is 5.32 Å². The van der Waals surface area contributed by atoms with Gasteiger partial charge in [-0.15, -0.1) is 11.8 Å². The molecule has 2 aromatic carbocycles. The second kappa shape index (κ2) is 10.3. The zero-order valence-corrected chi connectivity index (χ0v) is 17.1. The zero-order chi connectivity index (χ0) is 19.8. The highest BCUT2D eigenvalue weighted by Crippen LogP contribution is 2.26. The van der Waals surface area contributed by atoms with Gasteiger partial charge in [-0.3, -0.25) is 9.59 Å². The van der Waals surface area contributed by atoms with Gasteiger partial charge in [-0.1, -0.05) is 50.1 Å². The molecule has 1 unspecified atom stereocenters. The van der Waals surface area contributed by atoms with E-state index in [0.717, 1.165) is 42.7 Å². The number of benzene rings is 2. The van der Waals surface area contributed by atoms with Crippen LogP contribution >= 0.6 is 11.8 Å². The number of thioether (sulfide) groups is 1. The lowest BCUT2D eigenvalue weighted by atomic mass is 10.1. The highest BCUT2D eigenvalue weighted by molar-refractivity contribution is 7.99. The summed E-state index contributed by atoms with van der Waals surface area (Å²) in [5.41, 5.74) is 1.79. The van der Waals surface area contributed by atoms with Crippen LogP contribution in [0.2, 0.25) is 0 Å². The second-order valence-corrected chi connectivity index (χ2v) is 8.51. The molecule has 148 valence electrons. The Bertz CT molecular complexity index is 788. The summed E-state index contributed by atoms with van der Waals surface area (Å²) in [7, 11) is 0. The summed E-state index contributed by atoms with van der Waals surface area (Å²) in [6.45, 7) is 2.41. The van der Waals surface area contributed by atoms with Gasteiger partial charge in [0.1, 0.15) is 0 Å². The van der Waals surface area contributed by atoms with Crippen molar-refractivity contribution in [2.45, 2.75) is 44.0 Å². The zero-order valence-electron chi connectivity index (χ0n) is 16.3. The summed E-state index contributed by atoms with van der Waals surface area (Å²) in [6.07, 6.45) is 4.26. The quantitative estimate of drug-likeness (QED) is 0.627. The molecule has 3 rings (SSSR count). The second-order valence-electron chi connectivity index (χ2n) is 7.41. The first-order valence-corrected chi connectivity index (χ1v) is 11.0. The smallest absolute Gasteiger partial charge is 0.227 e. The van der Waals surface area contributed by atoms with Crippen LogP contribution in [0.1, 0.15) is 38.2 Å². The lowest BCUT2D eigenvalue weighted by Crippen LogP contribution is -2.30. The molecule has 28 heavy (non-hydrogen) atoms. The van der Waals surface area contributed by atoms with Crippen LogP contribution in [0, 0.1) is 11.8 Å². The van der Waals surface area contributed by atoms with Crippen LogP contribution < -0.4 is 10.6 Å². The Morgan fingerprint density at radius 3 is 2.57 bits per heavy atom. The number of carbonyl (C=O) groups is 2. The third-order valence-corrected chi connectivity index (χ3v) is 6.35. The van der Waals surface area contributed by atoms with Crippen molar-refractivity contribution in [2.75, 3.05) is 11.1 Å². The third kappa shape index (κ3) is 6.13. The topological polar surface area (TPSA) is 58.2 Å². The maximum atomic E-state index is 12.4. The summed E-state index contributed by atoms with van der Waals surface area (Å²) in [5.74, 6) is 0.976. The molecule has 1 saturated carbocycles. The monoisotopic (exact) mass is 396 g/mol. The van der Waals surface area contributed by atoms with Gasteiger partial charge in [0.15, 0.2) is 0 Å². The minimum absolute atomic E-state index is 0.0452. The van der Waals surface area contributed by atoms with Gasteiger partial charge in [-0.2, -0.15) is 0 Å². The Kier molecular flexibility index (Phi) is 7.54. The molecule has 0 aromatic heterocycles. The minimum atomic E-state index is -0.0736. The van der Waals surface area contributed by atoms with Gasteiger partial charge in [-0.25, -0.2) is 0 Å². The van der Waals surface area contributed by atoms with Gasteiger partial charge in [0.05, 0.1) is 0 Å². The van der Waals surface area contributed by atoms with Crippen molar-refractivity contribution >= 4 is 29.3 Å². The molecule has 0 saturated heterocycles.